The summed E-state index contributed by atoms with van der Waals surface area (Å²) in [6.07, 6.45) is 11.8. The first-order valence-corrected chi connectivity index (χ1v) is 13.8. The van der Waals surface area contributed by atoms with Gasteiger partial charge < -0.3 is 10.0 Å². The number of nitrogens with zero attached hydrogens (tertiary/aromatic N) is 2. The van der Waals surface area contributed by atoms with E-state index in [1.54, 1.807) is 0 Å². The molecule has 184 valence electrons. The van der Waals surface area contributed by atoms with Crippen LogP contribution in [-0.2, 0) is 0 Å². The van der Waals surface area contributed by atoms with E-state index in [1.807, 2.05) is 42.3 Å². The number of rotatable bonds is 4. The number of hydrogen-bond donors (Lipinski definition) is 1. The minimum absolute atomic E-state index is 0.0578. The Morgan fingerprint density at radius 2 is 1.76 bits per heavy atom. The molecule has 5 fully saturated rings. The van der Waals surface area contributed by atoms with Gasteiger partial charge in [0.25, 0.3) is 5.91 Å². The van der Waals surface area contributed by atoms with Crippen LogP contribution in [0.4, 0.5) is 0 Å². The fourth-order valence-electron chi connectivity index (χ4n) is 9.88. The molecular weight excluding hydrogens is 420 g/mol. The third-order valence-electron chi connectivity index (χ3n) is 11.7. The maximum Gasteiger partial charge on any atom is 0.253 e. The quantitative estimate of drug-likeness (QED) is 0.592. The van der Waals surface area contributed by atoms with E-state index in [-0.39, 0.29) is 22.5 Å². The molecule has 0 spiro atoms. The Morgan fingerprint density at radius 1 is 1.03 bits per heavy atom. The highest BCUT2D eigenvalue weighted by atomic mass is 16.3. The summed E-state index contributed by atoms with van der Waals surface area (Å²) in [6, 6.07) is 9.70. The fourth-order valence-corrected chi connectivity index (χ4v) is 9.88. The zero-order chi connectivity index (χ0) is 23.7. The molecule has 4 nitrogen and oxygen atoms in total. The maximum atomic E-state index is 13.1. The van der Waals surface area contributed by atoms with Crippen molar-refractivity contribution in [3.63, 3.8) is 0 Å². The highest BCUT2D eigenvalue weighted by Gasteiger charge is 2.68. The van der Waals surface area contributed by atoms with Crippen LogP contribution in [0.3, 0.4) is 0 Å². The van der Waals surface area contributed by atoms with Crippen LogP contribution in [0.2, 0.25) is 0 Å². The van der Waals surface area contributed by atoms with Crippen molar-refractivity contribution in [2.45, 2.75) is 82.3 Å². The molecule has 0 radical (unpaired) electrons. The molecule has 0 aromatic heterocycles. The molecule has 0 aliphatic heterocycles. The average Bonchev–Trinajstić information content (AvgIpc) is 3.56. The lowest BCUT2D eigenvalue weighted by Gasteiger charge is -2.65. The van der Waals surface area contributed by atoms with Gasteiger partial charge in [0, 0.05) is 19.2 Å². The summed E-state index contributed by atoms with van der Waals surface area (Å²) in [5, 5.41) is 10.8. The van der Waals surface area contributed by atoms with Gasteiger partial charge in [0.15, 0.2) is 0 Å². The molecule has 1 amide bonds. The van der Waals surface area contributed by atoms with Gasteiger partial charge in [-0.1, -0.05) is 31.5 Å². The van der Waals surface area contributed by atoms with Crippen molar-refractivity contribution >= 4 is 12.6 Å². The zero-order valence-electron chi connectivity index (χ0n) is 21.1. The predicted molar refractivity (Wildman–Crippen MR) is 136 cm³/mol. The Morgan fingerprint density at radius 3 is 2.53 bits per heavy atom. The standard InChI is InChI=1S/C30H42N2O2/c1-28-16-13-24-22-14-17-29(34)18-26(29)23(22)11-12-25(24)30(28,31-2)15-7-10-21(28)19-32(3)27(33)20-8-5-4-6-9-20/h4-6,8-9,21-26,34H,2,7,10-19H2,1,3H3/t21-,22+,23+,24-,25-,26?,28-,29+,30-/m1/s1. The first kappa shape index (κ1) is 22.8. The Bertz CT molecular complexity index is 964. The van der Waals surface area contributed by atoms with E-state index in [9.17, 15) is 9.90 Å². The molecule has 0 saturated heterocycles. The van der Waals surface area contributed by atoms with Crippen molar-refractivity contribution < 1.29 is 9.90 Å². The lowest BCUT2D eigenvalue weighted by Crippen LogP contribution is -2.64. The second-order valence-electron chi connectivity index (χ2n) is 12.8. The van der Waals surface area contributed by atoms with Gasteiger partial charge in [0.1, 0.15) is 0 Å². The predicted octanol–water partition coefficient (Wildman–Crippen LogP) is 5.60. The van der Waals surface area contributed by atoms with E-state index >= 15 is 0 Å². The van der Waals surface area contributed by atoms with Crippen molar-refractivity contribution in [1.29, 1.82) is 0 Å². The van der Waals surface area contributed by atoms with Crippen molar-refractivity contribution in [2.24, 2.45) is 45.9 Å². The molecule has 1 N–H and O–H groups in total. The number of aliphatic imine (C=N–C) groups is 1. The number of amides is 1. The zero-order valence-corrected chi connectivity index (χ0v) is 21.1. The number of carbonyl (C=O) groups is 1. The number of fused-ring (bicyclic) bond motifs is 7. The van der Waals surface area contributed by atoms with Crippen LogP contribution >= 0.6 is 0 Å². The third-order valence-corrected chi connectivity index (χ3v) is 11.7. The van der Waals surface area contributed by atoms with Crippen LogP contribution in [0.25, 0.3) is 0 Å². The van der Waals surface area contributed by atoms with Gasteiger partial charge in [0.05, 0.1) is 11.1 Å². The molecule has 5 aliphatic rings. The van der Waals surface area contributed by atoms with E-state index in [2.05, 4.69) is 13.6 Å². The van der Waals surface area contributed by atoms with Crippen molar-refractivity contribution in [3.05, 3.63) is 35.9 Å². The van der Waals surface area contributed by atoms with Gasteiger partial charge in [-0.15, -0.1) is 0 Å². The summed E-state index contributed by atoms with van der Waals surface area (Å²) < 4.78 is 0. The molecule has 0 heterocycles. The highest BCUT2D eigenvalue weighted by Crippen LogP contribution is 2.69. The van der Waals surface area contributed by atoms with E-state index < -0.39 is 0 Å². The summed E-state index contributed by atoms with van der Waals surface area (Å²) in [5.74, 6) is 4.03. The Hall–Kier alpha value is -1.68. The molecule has 0 bridgehead atoms. The summed E-state index contributed by atoms with van der Waals surface area (Å²) in [7, 11) is 1.98. The Kier molecular flexibility index (Phi) is 5.30. The molecule has 34 heavy (non-hydrogen) atoms. The van der Waals surface area contributed by atoms with Gasteiger partial charge >= 0.3 is 0 Å². The number of benzene rings is 1. The molecule has 5 saturated carbocycles. The van der Waals surface area contributed by atoms with Gasteiger partial charge in [-0.2, -0.15) is 0 Å². The van der Waals surface area contributed by atoms with E-state index in [0.29, 0.717) is 17.8 Å². The second kappa shape index (κ2) is 7.91. The molecule has 5 aliphatic carbocycles. The number of carbonyl (C=O) groups excluding carboxylic acids is 1. The van der Waals surface area contributed by atoms with Gasteiger partial charge in [-0.05, 0) is 118 Å². The van der Waals surface area contributed by atoms with Gasteiger partial charge in [-0.3, -0.25) is 9.79 Å². The Labute approximate surface area is 205 Å². The SMILES string of the molecule is C=N[C@@]12CCC[C@H](CN(C)C(=O)c3ccccc3)[C@@]1(C)CC[C@@H]1[C@H]3CC[C@]4(O)CC4[C@H]3CC[C@H]12. The molecular formula is C30H42N2O2. The van der Waals surface area contributed by atoms with E-state index in [4.69, 9.17) is 4.99 Å². The van der Waals surface area contributed by atoms with Crippen molar-refractivity contribution in [2.75, 3.05) is 13.6 Å². The van der Waals surface area contributed by atoms with Crippen LogP contribution < -0.4 is 0 Å². The van der Waals surface area contributed by atoms with Crippen LogP contribution in [-0.4, -0.2) is 47.4 Å². The molecule has 6 rings (SSSR count). The largest absolute Gasteiger partial charge is 0.390 e. The maximum absolute atomic E-state index is 13.1. The van der Waals surface area contributed by atoms with Crippen molar-refractivity contribution in [3.8, 4) is 0 Å². The lowest BCUT2D eigenvalue weighted by atomic mass is 9.42. The normalized spacial score (nSPS) is 46.8. The van der Waals surface area contributed by atoms with Crippen LogP contribution in [0.5, 0.6) is 0 Å². The average molecular weight is 463 g/mol. The summed E-state index contributed by atoms with van der Waals surface area (Å²) >= 11 is 0. The van der Waals surface area contributed by atoms with E-state index in [0.717, 1.165) is 49.1 Å². The van der Waals surface area contributed by atoms with Crippen LogP contribution in [0.1, 0.15) is 81.5 Å². The minimum Gasteiger partial charge on any atom is -0.390 e. The first-order chi connectivity index (χ1) is 16.3. The summed E-state index contributed by atoms with van der Waals surface area (Å²) in [4.78, 5) is 20.2. The second-order valence-corrected chi connectivity index (χ2v) is 12.8. The highest BCUT2D eigenvalue weighted by molar-refractivity contribution is 5.94. The van der Waals surface area contributed by atoms with Gasteiger partial charge in [0.2, 0.25) is 0 Å². The molecule has 4 heteroatoms. The molecule has 1 unspecified atom stereocenters. The topological polar surface area (TPSA) is 52.9 Å². The third kappa shape index (κ3) is 3.13. The van der Waals surface area contributed by atoms with Crippen LogP contribution in [0, 0.1) is 40.9 Å². The van der Waals surface area contributed by atoms with E-state index in [1.165, 1.54) is 44.9 Å². The molecule has 1 aromatic rings. The fraction of sp³-hybridized carbons (Fsp3) is 0.733. The van der Waals surface area contributed by atoms with Crippen molar-refractivity contribution in [1.82, 2.24) is 4.90 Å². The molecule has 1 aromatic carbocycles. The first-order valence-electron chi connectivity index (χ1n) is 13.8. The molecule has 9 atom stereocenters. The number of aliphatic hydroxyl groups is 1. The summed E-state index contributed by atoms with van der Waals surface area (Å²) in [6.45, 7) is 7.56. The lowest BCUT2D eigenvalue weighted by molar-refractivity contribution is -0.132. The Balaban J connectivity index is 1.25. The van der Waals surface area contributed by atoms with Gasteiger partial charge in [-0.25, -0.2) is 0 Å². The van der Waals surface area contributed by atoms with Crippen LogP contribution in [0.15, 0.2) is 35.3 Å². The monoisotopic (exact) mass is 462 g/mol. The minimum atomic E-state index is -0.308. The summed E-state index contributed by atoms with van der Waals surface area (Å²) in [5.41, 5.74) is 0.509. The number of hydrogen-bond acceptors (Lipinski definition) is 3. The smallest absolute Gasteiger partial charge is 0.253 e.